The van der Waals surface area contributed by atoms with E-state index in [-0.39, 0.29) is 41.7 Å². The topological polar surface area (TPSA) is 116 Å². The van der Waals surface area contributed by atoms with E-state index < -0.39 is 11.5 Å². The van der Waals surface area contributed by atoms with Crippen molar-refractivity contribution in [2.45, 2.75) is 25.8 Å². The number of nitrogens with one attached hydrogen (secondary N) is 1. The Hall–Kier alpha value is -4.14. The molecule has 1 amide bonds. The highest BCUT2D eigenvalue weighted by molar-refractivity contribution is 5.78. The van der Waals surface area contributed by atoms with Crippen LogP contribution in [0.5, 0.6) is 28.7 Å². The van der Waals surface area contributed by atoms with Crippen LogP contribution in [0.15, 0.2) is 51.7 Å². The lowest BCUT2D eigenvalue weighted by Crippen LogP contribution is -2.27. The van der Waals surface area contributed by atoms with Gasteiger partial charge in [0, 0.05) is 36.1 Å². The molecule has 186 valence electrons. The summed E-state index contributed by atoms with van der Waals surface area (Å²) in [4.78, 5) is 25.9. The number of benzene rings is 2. The Morgan fingerprint density at radius 2 is 1.66 bits per heavy atom. The molecule has 2 aromatic carbocycles. The van der Waals surface area contributed by atoms with Gasteiger partial charge in [0.05, 0.1) is 34.0 Å². The van der Waals surface area contributed by atoms with Gasteiger partial charge in [0.2, 0.25) is 11.7 Å². The summed E-state index contributed by atoms with van der Waals surface area (Å²) in [6, 6.07) is 12.0. The van der Waals surface area contributed by atoms with E-state index in [2.05, 4.69) is 5.32 Å². The summed E-state index contributed by atoms with van der Waals surface area (Å²) >= 11 is 0. The maximum Gasteiger partial charge on any atom is 0.343 e. The van der Waals surface area contributed by atoms with Gasteiger partial charge < -0.3 is 33.8 Å². The van der Waals surface area contributed by atoms with Gasteiger partial charge in [-0.15, -0.1) is 0 Å². The first kappa shape index (κ1) is 25.5. The van der Waals surface area contributed by atoms with Gasteiger partial charge in [-0.05, 0) is 19.1 Å². The van der Waals surface area contributed by atoms with Crippen LogP contribution in [0.1, 0.15) is 34.8 Å². The third kappa shape index (κ3) is 5.51. The SMILES string of the molecule is COc1ccccc1CNC(=O)C[C@H](c1ccc(OC)c(OC)c1OC)c1c(O)cc(C)oc1=O. The number of hydrogen-bond acceptors (Lipinski definition) is 8. The van der Waals surface area contributed by atoms with Crippen molar-refractivity contribution >= 4 is 5.91 Å². The summed E-state index contributed by atoms with van der Waals surface area (Å²) in [7, 11) is 5.94. The van der Waals surface area contributed by atoms with Crippen molar-refractivity contribution in [2.75, 3.05) is 28.4 Å². The Bertz CT molecular complexity index is 1250. The molecule has 0 aliphatic heterocycles. The molecule has 0 saturated carbocycles. The molecule has 9 heteroatoms. The van der Waals surface area contributed by atoms with Crippen molar-refractivity contribution in [1.82, 2.24) is 5.32 Å². The monoisotopic (exact) mass is 483 g/mol. The predicted octanol–water partition coefficient (Wildman–Crippen LogP) is 3.53. The normalized spacial score (nSPS) is 11.5. The van der Waals surface area contributed by atoms with E-state index in [0.29, 0.717) is 22.8 Å². The van der Waals surface area contributed by atoms with Crippen LogP contribution in [0.25, 0.3) is 0 Å². The Kier molecular flexibility index (Phi) is 8.25. The fourth-order valence-electron chi connectivity index (χ4n) is 3.99. The van der Waals surface area contributed by atoms with E-state index in [9.17, 15) is 14.7 Å². The van der Waals surface area contributed by atoms with Crippen LogP contribution in [0.2, 0.25) is 0 Å². The highest BCUT2D eigenvalue weighted by Gasteiger charge is 2.30. The van der Waals surface area contributed by atoms with Gasteiger partial charge in [-0.25, -0.2) is 4.79 Å². The molecule has 0 saturated heterocycles. The minimum Gasteiger partial charge on any atom is -0.507 e. The molecule has 0 fully saturated rings. The van der Waals surface area contributed by atoms with E-state index >= 15 is 0 Å². The fourth-order valence-corrected chi connectivity index (χ4v) is 3.99. The van der Waals surface area contributed by atoms with Gasteiger partial charge in [-0.2, -0.15) is 0 Å². The zero-order chi connectivity index (χ0) is 25.5. The summed E-state index contributed by atoms with van der Waals surface area (Å²) in [5.74, 6) is 0.316. The predicted molar refractivity (Wildman–Crippen MR) is 129 cm³/mol. The lowest BCUT2D eigenvalue weighted by Gasteiger charge is -2.22. The number of methoxy groups -OCH3 is 4. The van der Waals surface area contributed by atoms with Crippen molar-refractivity contribution in [3.8, 4) is 28.7 Å². The molecule has 1 atom stereocenters. The number of aryl methyl sites for hydroxylation is 1. The maximum absolute atomic E-state index is 13.1. The number of para-hydroxylation sites is 1. The summed E-state index contributed by atoms with van der Waals surface area (Å²) < 4.78 is 27.0. The number of aromatic hydroxyl groups is 1. The van der Waals surface area contributed by atoms with Crippen molar-refractivity contribution in [2.24, 2.45) is 0 Å². The van der Waals surface area contributed by atoms with E-state index in [1.54, 1.807) is 32.2 Å². The third-order valence-corrected chi connectivity index (χ3v) is 5.61. The van der Waals surface area contributed by atoms with E-state index in [4.69, 9.17) is 23.4 Å². The lowest BCUT2D eigenvalue weighted by molar-refractivity contribution is -0.121. The summed E-state index contributed by atoms with van der Waals surface area (Å²) in [6.45, 7) is 1.77. The molecular weight excluding hydrogens is 454 g/mol. The molecule has 2 N–H and O–H groups in total. The van der Waals surface area contributed by atoms with Crippen LogP contribution >= 0.6 is 0 Å². The number of carbonyl (C=O) groups excluding carboxylic acids is 1. The third-order valence-electron chi connectivity index (χ3n) is 5.61. The van der Waals surface area contributed by atoms with Gasteiger partial charge in [0.15, 0.2) is 11.5 Å². The molecule has 9 nitrogen and oxygen atoms in total. The summed E-state index contributed by atoms with van der Waals surface area (Å²) in [6.07, 6.45) is -0.178. The van der Waals surface area contributed by atoms with E-state index in [1.807, 2.05) is 18.2 Å². The number of ether oxygens (including phenoxy) is 4. The number of hydrogen-bond donors (Lipinski definition) is 2. The Labute approximate surface area is 203 Å². The smallest absolute Gasteiger partial charge is 0.343 e. The molecule has 1 aromatic heterocycles. The maximum atomic E-state index is 13.1. The number of rotatable bonds is 10. The fraction of sp³-hybridized carbons (Fsp3) is 0.308. The molecule has 0 unspecified atom stereocenters. The van der Waals surface area contributed by atoms with Crippen LogP contribution in [-0.4, -0.2) is 39.5 Å². The quantitative estimate of drug-likeness (QED) is 0.450. The second-order valence-corrected chi connectivity index (χ2v) is 7.71. The second-order valence-electron chi connectivity index (χ2n) is 7.71. The molecule has 0 spiro atoms. The lowest BCUT2D eigenvalue weighted by atomic mass is 9.87. The zero-order valence-corrected chi connectivity index (χ0v) is 20.3. The van der Waals surface area contributed by atoms with Crippen LogP contribution in [0.3, 0.4) is 0 Å². The van der Waals surface area contributed by atoms with Crippen LogP contribution in [0, 0.1) is 6.92 Å². The Morgan fingerprint density at radius 3 is 2.29 bits per heavy atom. The average Bonchev–Trinajstić information content (AvgIpc) is 2.85. The van der Waals surface area contributed by atoms with Gasteiger partial charge in [-0.3, -0.25) is 4.79 Å². The number of carbonyl (C=O) groups is 1. The highest BCUT2D eigenvalue weighted by Crippen LogP contribution is 2.45. The van der Waals surface area contributed by atoms with E-state index in [1.165, 1.54) is 27.4 Å². The minimum absolute atomic E-state index is 0.0615. The van der Waals surface area contributed by atoms with Gasteiger partial charge in [-0.1, -0.05) is 24.3 Å². The Balaban J connectivity index is 2.04. The average molecular weight is 484 g/mol. The van der Waals surface area contributed by atoms with Crippen LogP contribution in [-0.2, 0) is 11.3 Å². The molecule has 3 rings (SSSR count). The zero-order valence-electron chi connectivity index (χ0n) is 20.3. The summed E-state index contributed by atoms with van der Waals surface area (Å²) in [5, 5.41) is 13.5. The first-order chi connectivity index (χ1) is 16.8. The second kappa shape index (κ2) is 11.3. The molecule has 0 radical (unpaired) electrons. The van der Waals surface area contributed by atoms with Gasteiger partial charge in [0.1, 0.15) is 17.3 Å². The molecule has 3 aromatic rings. The molecule has 35 heavy (non-hydrogen) atoms. The molecule has 0 aliphatic rings. The van der Waals surface area contributed by atoms with Crippen molar-refractivity contribution < 1.29 is 33.3 Å². The molecular formula is C26H29NO8. The molecule has 1 heterocycles. The first-order valence-corrected chi connectivity index (χ1v) is 10.9. The van der Waals surface area contributed by atoms with Crippen molar-refractivity contribution in [1.29, 1.82) is 0 Å². The van der Waals surface area contributed by atoms with Gasteiger partial charge >= 0.3 is 5.63 Å². The highest BCUT2D eigenvalue weighted by atomic mass is 16.5. The molecule has 0 bridgehead atoms. The minimum atomic E-state index is -0.903. The number of amides is 1. The summed E-state index contributed by atoms with van der Waals surface area (Å²) in [5.41, 5.74) is 0.431. The Morgan fingerprint density at radius 1 is 0.971 bits per heavy atom. The van der Waals surface area contributed by atoms with Crippen molar-refractivity contribution in [3.05, 3.63) is 75.3 Å². The largest absolute Gasteiger partial charge is 0.507 e. The van der Waals surface area contributed by atoms with E-state index in [0.717, 1.165) is 5.56 Å². The standard InChI is InChI=1S/C26H29NO8/c1-15-12-19(28)23(26(30)35-15)18(17-10-11-21(32-3)25(34-5)24(17)33-4)13-22(29)27-14-16-8-6-7-9-20(16)31-2/h6-12,18,28H,13-14H2,1-5H3,(H,27,29)/t18-/m1/s1. The van der Waals surface area contributed by atoms with Crippen LogP contribution in [0.4, 0.5) is 0 Å². The van der Waals surface area contributed by atoms with Gasteiger partial charge in [0.25, 0.3) is 0 Å². The van der Waals surface area contributed by atoms with Crippen LogP contribution < -0.4 is 29.9 Å². The molecule has 0 aliphatic carbocycles. The first-order valence-electron chi connectivity index (χ1n) is 10.9. The van der Waals surface area contributed by atoms with Crippen molar-refractivity contribution in [3.63, 3.8) is 0 Å².